The van der Waals surface area contributed by atoms with Gasteiger partial charge in [-0.1, -0.05) is 81.1 Å². The van der Waals surface area contributed by atoms with Gasteiger partial charge < -0.3 is 14.6 Å². The van der Waals surface area contributed by atoms with E-state index < -0.39 is 8.07 Å². The van der Waals surface area contributed by atoms with Gasteiger partial charge in [0, 0.05) is 32.2 Å². The van der Waals surface area contributed by atoms with E-state index in [2.05, 4.69) is 92.1 Å². The van der Waals surface area contributed by atoms with Crippen molar-refractivity contribution < 1.29 is 19.4 Å². The SMILES string of the molecule is CC(c1nc(C=O)ccc1O)C(C)(C)C.Cc1ccc(COCOCC[Si](C)(C)C)nc1C(C)C(C)(C)C. The van der Waals surface area contributed by atoms with Crippen LogP contribution in [0.4, 0.5) is 0 Å². The molecule has 2 heterocycles. The number of aryl methyl sites for hydroxylation is 1. The van der Waals surface area contributed by atoms with E-state index in [1.54, 1.807) is 0 Å². The Morgan fingerprint density at radius 1 is 0.895 bits per heavy atom. The fourth-order valence-electron chi connectivity index (χ4n) is 3.44. The molecule has 7 heteroatoms. The molecule has 0 aromatic carbocycles. The van der Waals surface area contributed by atoms with Gasteiger partial charge in [-0.15, -0.1) is 0 Å². The van der Waals surface area contributed by atoms with Gasteiger partial charge in [0.25, 0.3) is 0 Å². The number of aromatic nitrogens is 2. The van der Waals surface area contributed by atoms with Crippen molar-refractivity contribution in [3.8, 4) is 5.75 Å². The number of carbonyl (C=O) groups is 1. The van der Waals surface area contributed by atoms with Gasteiger partial charge in [0.05, 0.1) is 18.0 Å². The van der Waals surface area contributed by atoms with Crippen molar-refractivity contribution >= 4 is 14.4 Å². The van der Waals surface area contributed by atoms with Crippen LogP contribution in [0, 0.1) is 17.8 Å². The van der Waals surface area contributed by atoms with Crippen molar-refractivity contribution in [1.29, 1.82) is 0 Å². The van der Waals surface area contributed by atoms with Crippen LogP contribution in [0.5, 0.6) is 5.75 Å². The van der Waals surface area contributed by atoms with Crippen molar-refractivity contribution in [3.05, 3.63) is 52.6 Å². The summed E-state index contributed by atoms with van der Waals surface area (Å²) in [5.41, 5.74) is 4.57. The van der Waals surface area contributed by atoms with Crippen LogP contribution in [0.2, 0.25) is 25.7 Å². The molecule has 0 bridgehead atoms. The fourth-order valence-corrected chi connectivity index (χ4v) is 4.19. The Morgan fingerprint density at radius 2 is 1.47 bits per heavy atom. The van der Waals surface area contributed by atoms with Gasteiger partial charge in [-0.2, -0.15) is 0 Å². The molecule has 2 unspecified atom stereocenters. The summed E-state index contributed by atoms with van der Waals surface area (Å²) in [4.78, 5) is 19.6. The van der Waals surface area contributed by atoms with Crippen molar-refractivity contribution in [3.63, 3.8) is 0 Å². The average Bonchev–Trinajstić information content (AvgIpc) is 2.80. The lowest BCUT2D eigenvalue weighted by molar-refractivity contribution is -0.0582. The van der Waals surface area contributed by atoms with Crippen molar-refractivity contribution in [2.45, 2.75) is 106 Å². The number of nitrogens with zero attached hydrogens (tertiary/aromatic N) is 2. The standard InChI is InChI=1S/C19H35NO2Si.C12H17NO2/c1-15-9-10-17(20-18(15)16(2)19(3,4)5)13-22-14-21-11-12-23(6,7)8;1-8(12(2,3)4)11-10(15)6-5-9(7-14)13-11/h9-10,16H,11-14H2,1-8H3;5-8,15H,1-4H3. The maximum atomic E-state index is 10.6. The second kappa shape index (κ2) is 14.3. The number of carbonyl (C=O) groups excluding carboxylic acids is 1. The summed E-state index contributed by atoms with van der Waals surface area (Å²) in [6.07, 6.45) is 0.693. The zero-order valence-corrected chi connectivity index (χ0v) is 26.9. The molecule has 2 atom stereocenters. The maximum Gasteiger partial charge on any atom is 0.168 e. The quantitative estimate of drug-likeness (QED) is 0.141. The van der Waals surface area contributed by atoms with Gasteiger partial charge in [-0.05, 0) is 47.6 Å². The average molecular weight is 545 g/mol. The number of pyridine rings is 2. The molecule has 0 aliphatic heterocycles. The maximum absolute atomic E-state index is 10.6. The van der Waals surface area contributed by atoms with Crippen molar-refractivity contribution in [2.75, 3.05) is 13.4 Å². The molecule has 6 nitrogen and oxygen atoms in total. The van der Waals surface area contributed by atoms with E-state index in [0.29, 0.717) is 37.0 Å². The molecule has 2 aromatic heterocycles. The molecule has 1 N–H and O–H groups in total. The minimum atomic E-state index is -1.02. The zero-order chi connectivity index (χ0) is 29.3. The first-order chi connectivity index (χ1) is 17.4. The first-order valence-corrected chi connectivity index (χ1v) is 17.3. The molecule has 0 fully saturated rings. The molecule has 2 aromatic rings. The van der Waals surface area contributed by atoms with Crippen LogP contribution < -0.4 is 0 Å². The smallest absolute Gasteiger partial charge is 0.168 e. The Hall–Kier alpha value is -2.09. The van der Waals surface area contributed by atoms with E-state index >= 15 is 0 Å². The summed E-state index contributed by atoms with van der Waals surface area (Å²) in [6, 6.07) is 8.41. The Kier molecular flexibility index (Phi) is 12.8. The lowest BCUT2D eigenvalue weighted by Crippen LogP contribution is -2.22. The second-order valence-electron chi connectivity index (χ2n) is 13.6. The molecule has 0 radical (unpaired) electrons. The second-order valence-corrected chi connectivity index (χ2v) is 19.2. The first kappa shape index (κ1) is 33.9. The van der Waals surface area contributed by atoms with Crippen LogP contribution in [0.1, 0.15) is 100 Å². The third-order valence-electron chi connectivity index (χ3n) is 7.07. The van der Waals surface area contributed by atoms with Gasteiger partial charge in [-0.25, -0.2) is 4.98 Å². The summed E-state index contributed by atoms with van der Waals surface area (Å²) in [7, 11) is -1.02. The third-order valence-corrected chi connectivity index (χ3v) is 8.77. The van der Waals surface area contributed by atoms with Crippen LogP contribution in [0.15, 0.2) is 24.3 Å². The first-order valence-electron chi connectivity index (χ1n) is 13.6. The topological polar surface area (TPSA) is 81.5 Å². The Bertz CT molecular complexity index is 1020. The number of rotatable bonds is 10. The van der Waals surface area contributed by atoms with E-state index in [9.17, 15) is 9.90 Å². The highest BCUT2D eigenvalue weighted by Crippen LogP contribution is 2.37. The molecule has 0 saturated carbocycles. The predicted octanol–water partition coefficient (Wildman–Crippen LogP) is 8.12. The van der Waals surface area contributed by atoms with Crippen LogP contribution in [0.25, 0.3) is 0 Å². The highest BCUT2D eigenvalue weighted by Gasteiger charge is 2.26. The van der Waals surface area contributed by atoms with E-state index in [1.165, 1.54) is 29.4 Å². The zero-order valence-electron chi connectivity index (χ0n) is 25.9. The van der Waals surface area contributed by atoms with Crippen molar-refractivity contribution in [2.24, 2.45) is 10.8 Å². The van der Waals surface area contributed by atoms with Gasteiger partial charge >= 0.3 is 0 Å². The minimum Gasteiger partial charge on any atom is -0.506 e. The largest absolute Gasteiger partial charge is 0.506 e. The number of hydrogen-bond acceptors (Lipinski definition) is 6. The van der Waals surface area contributed by atoms with Gasteiger partial charge in [0.15, 0.2) is 6.29 Å². The number of hydrogen-bond donors (Lipinski definition) is 1. The normalized spacial score (nSPS) is 13.9. The summed E-state index contributed by atoms with van der Waals surface area (Å²) in [5, 5.41) is 9.69. The van der Waals surface area contributed by atoms with E-state index in [1.807, 2.05) is 6.92 Å². The highest BCUT2D eigenvalue weighted by atomic mass is 28.3. The lowest BCUT2D eigenvalue weighted by Gasteiger charge is -2.28. The van der Waals surface area contributed by atoms with Crippen LogP contribution >= 0.6 is 0 Å². The molecule has 0 spiro atoms. The van der Waals surface area contributed by atoms with Gasteiger partial charge in [-0.3, -0.25) is 9.78 Å². The predicted molar refractivity (Wildman–Crippen MR) is 160 cm³/mol. The Balaban J connectivity index is 0.000000415. The van der Waals surface area contributed by atoms with Gasteiger partial charge in [0.2, 0.25) is 0 Å². The fraction of sp³-hybridized carbons (Fsp3) is 0.645. The van der Waals surface area contributed by atoms with E-state index in [4.69, 9.17) is 14.5 Å². The Morgan fingerprint density at radius 3 is 2.00 bits per heavy atom. The van der Waals surface area contributed by atoms with Crippen LogP contribution in [-0.2, 0) is 16.1 Å². The number of ether oxygens (including phenoxy) is 2. The highest BCUT2D eigenvalue weighted by molar-refractivity contribution is 6.76. The molecule has 0 amide bonds. The van der Waals surface area contributed by atoms with Crippen LogP contribution in [-0.4, -0.2) is 42.8 Å². The molecule has 2 rings (SSSR count). The van der Waals surface area contributed by atoms with E-state index in [0.717, 1.165) is 12.3 Å². The summed E-state index contributed by atoms with van der Waals surface area (Å²) >= 11 is 0. The molecule has 0 saturated heterocycles. The summed E-state index contributed by atoms with van der Waals surface area (Å²) in [6.45, 7) is 28.1. The van der Waals surface area contributed by atoms with Gasteiger partial charge in [0.1, 0.15) is 18.2 Å². The van der Waals surface area contributed by atoms with E-state index in [-0.39, 0.29) is 22.5 Å². The molecule has 214 valence electrons. The summed E-state index contributed by atoms with van der Waals surface area (Å²) in [5.74, 6) is 0.663. The monoisotopic (exact) mass is 544 g/mol. The van der Waals surface area contributed by atoms with Crippen LogP contribution in [0.3, 0.4) is 0 Å². The van der Waals surface area contributed by atoms with Crippen molar-refractivity contribution in [1.82, 2.24) is 9.97 Å². The molecular formula is C31H52N2O4Si. The number of aromatic hydroxyl groups is 1. The summed E-state index contributed by atoms with van der Waals surface area (Å²) < 4.78 is 11.2. The third kappa shape index (κ3) is 11.7. The molecular weight excluding hydrogens is 492 g/mol. The minimum absolute atomic E-state index is 0.00594. The lowest BCUT2D eigenvalue weighted by atomic mass is 9.79. The number of aldehydes is 1. The molecule has 38 heavy (non-hydrogen) atoms. The Labute approximate surface area is 232 Å². The molecule has 0 aliphatic carbocycles. The molecule has 0 aliphatic rings.